The van der Waals surface area contributed by atoms with Gasteiger partial charge < -0.3 is 9.84 Å². The molecule has 0 saturated carbocycles. The minimum atomic E-state index is -3.70. The van der Waals surface area contributed by atoms with E-state index in [0.717, 1.165) is 0 Å². The largest absolute Gasteiger partial charge is 0.496 e. The standard InChI is InChI=1S/C13H15N3O4S/c1-20-13-5-4-12(7-10(13)9-17)21(18,19)15-8-11-3-2-6-14-16-11/h2-7,15,17H,8-9H2,1H3. The zero-order chi connectivity index (χ0) is 15.3. The van der Waals surface area contributed by atoms with Crippen LogP contribution in [0.3, 0.4) is 0 Å². The predicted octanol–water partition coefficient (Wildman–Crippen LogP) is 0.456. The van der Waals surface area contributed by atoms with Crippen LogP contribution >= 0.6 is 0 Å². The minimum absolute atomic E-state index is 0.0384. The predicted molar refractivity (Wildman–Crippen MR) is 75.0 cm³/mol. The first-order chi connectivity index (χ1) is 10.1. The highest BCUT2D eigenvalue weighted by Crippen LogP contribution is 2.22. The minimum Gasteiger partial charge on any atom is -0.496 e. The van der Waals surface area contributed by atoms with Gasteiger partial charge in [0.05, 0.1) is 30.9 Å². The molecule has 0 unspecified atom stereocenters. The summed E-state index contributed by atoms with van der Waals surface area (Å²) in [5.74, 6) is 0.436. The van der Waals surface area contributed by atoms with Crippen molar-refractivity contribution >= 4 is 10.0 Å². The fourth-order valence-electron chi connectivity index (χ4n) is 1.73. The Hall–Kier alpha value is -2.03. The Bertz CT molecular complexity index is 705. The van der Waals surface area contributed by atoms with Gasteiger partial charge in [0.25, 0.3) is 0 Å². The van der Waals surface area contributed by atoms with Gasteiger partial charge in [-0.15, -0.1) is 0 Å². The molecule has 7 nitrogen and oxygen atoms in total. The van der Waals surface area contributed by atoms with Gasteiger partial charge >= 0.3 is 0 Å². The van der Waals surface area contributed by atoms with Crippen molar-refractivity contribution in [1.82, 2.24) is 14.9 Å². The van der Waals surface area contributed by atoms with Gasteiger partial charge in [-0.2, -0.15) is 10.2 Å². The lowest BCUT2D eigenvalue weighted by Crippen LogP contribution is -2.24. The zero-order valence-corrected chi connectivity index (χ0v) is 12.2. The molecule has 0 saturated heterocycles. The maximum absolute atomic E-state index is 12.2. The first kappa shape index (κ1) is 15.4. The van der Waals surface area contributed by atoms with E-state index in [4.69, 9.17) is 4.74 Å². The van der Waals surface area contributed by atoms with Crippen molar-refractivity contribution in [2.24, 2.45) is 0 Å². The number of methoxy groups -OCH3 is 1. The van der Waals surface area contributed by atoms with E-state index < -0.39 is 10.0 Å². The fourth-order valence-corrected chi connectivity index (χ4v) is 2.77. The van der Waals surface area contributed by atoms with Crippen molar-refractivity contribution in [3.63, 3.8) is 0 Å². The number of ether oxygens (including phenoxy) is 1. The van der Waals surface area contributed by atoms with E-state index in [1.165, 1.54) is 31.5 Å². The molecule has 0 radical (unpaired) electrons. The normalized spacial score (nSPS) is 11.3. The monoisotopic (exact) mass is 309 g/mol. The summed E-state index contributed by atoms with van der Waals surface area (Å²) in [6.07, 6.45) is 1.51. The van der Waals surface area contributed by atoms with Crippen LogP contribution in [0.5, 0.6) is 5.75 Å². The van der Waals surface area contributed by atoms with Gasteiger partial charge in [0.15, 0.2) is 0 Å². The molecule has 8 heteroatoms. The van der Waals surface area contributed by atoms with Crippen LogP contribution in [0.25, 0.3) is 0 Å². The van der Waals surface area contributed by atoms with Crippen molar-refractivity contribution in [3.8, 4) is 5.75 Å². The number of aromatic nitrogens is 2. The number of hydrogen-bond acceptors (Lipinski definition) is 6. The van der Waals surface area contributed by atoms with Gasteiger partial charge in [-0.1, -0.05) is 0 Å². The van der Waals surface area contributed by atoms with Crippen LogP contribution in [0.1, 0.15) is 11.3 Å². The molecule has 0 spiro atoms. The molecule has 1 heterocycles. The highest BCUT2D eigenvalue weighted by Gasteiger charge is 2.16. The summed E-state index contributed by atoms with van der Waals surface area (Å²) in [4.78, 5) is 0.0521. The molecule has 0 aliphatic heterocycles. The van der Waals surface area contributed by atoms with Crippen LogP contribution in [0.15, 0.2) is 41.4 Å². The number of aliphatic hydroxyl groups excluding tert-OH is 1. The quantitative estimate of drug-likeness (QED) is 0.803. The van der Waals surface area contributed by atoms with Gasteiger partial charge in [0.2, 0.25) is 10.0 Å². The summed E-state index contributed by atoms with van der Waals surface area (Å²) in [5.41, 5.74) is 0.914. The van der Waals surface area contributed by atoms with Crippen molar-refractivity contribution in [3.05, 3.63) is 47.8 Å². The number of sulfonamides is 1. The van der Waals surface area contributed by atoms with Crippen molar-refractivity contribution in [2.75, 3.05) is 7.11 Å². The summed E-state index contributed by atoms with van der Waals surface area (Å²) < 4.78 is 31.9. The van der Waals surface area contributed by atoms with E-state index in [0.29, 0.717) is 17.0 Å². The van der Waals surface area contributed by atoms with E-state index in [-0.39, 0.29) is 18.0 Å². The maximum atomic E-state index is 12.2. The molecule has 0 bridgehead atoms. The molecular weight excluding hydrogens is 294 g/mol. The van der Waals surface area contributed by atoms with E-state index in [2.05, 4.69) is 14.9 Å². The molecule has 0 aliphatic carbocycles. The molecule has 2 N–H and O–H groups in total. The van der Waals surface area contributed by atoms with Crippen LogP contribution in [-0.2, 0) is 23.2 Å². The number of nitrogens with one attached hydrogen (secondary N) is 1. The first-order valence-electron chi connectivity index (χ1n) is 6.11. The molecule has 0 fully saturated rings. The molecule has 0 aliphatic rings. The van der Waals surface area contributed by atoms with E-state index in [1.54, 1.807) is 12.1 Å². The molecule has 1 aromatic carbocycles. The zero-order valence-electron chi connectivity index (χ0n) is 11.4. The Balaban J connectivity index is 2.19. The van der Waals surface area contributed by atoms with Crippen LogP contribution in [-0.4, -0.2) is 30.8 Å². The summed E-state index contributed by atoms with van der Waals surface area (Å²) in [7, 11) is -2.25. The third-order valence-electron chi connectivity index (χ3n) is 2.80. The lowest BCUT2D eigenvalue weighted by molar-refractivity contribution is 0.273. The van der Waals surface area contributed by atoms with Gasteiger partial charge in [-0.3, -0.25) is 0 Å². The average molecular weight is 309 g/mol. The van der Waals surface area contributed by atoms with Gasteiger partial charge in [0.1, 0.15) is 5.75 Å². The van der Waals surface area contributed by atoms with Crippen molar-refractivity contribution < 1.29 is 18.3 Å². The SMILES string of the molecule is COc1ccc(S(=O)(=O)NCc2cccnn2)cc1CO. The third-order valence-corrected chi connectivity index (χ3v) is 4.20. The van der Waals surface area contributed by atoms with Crippen LogP contribution < -0.4 is 9.46 Å². The summed E-state index contributed by atoms with van der Waals surface area (Å²) >= 11 is 0. The Morgan fingerprint density at radius 2 is 2.14 bits per heavy atom. The number of rotatable bonds is 6. The van der Waals surface area contributed by atoms with E-state index >= 15 is 0 Å². The Morgan fingerprint density at radius 3 is 2.76 bits per heavy atom. The number of benzene rings is 1. The second-order valence-corrected chi connectivity index (χ2v) is 5.94. The van der Waals surface area contributed by atoms with Crippen molar-refractivity contribution in [2.45, 2.75) is 18.0 Å². The lowest BCUT2D eigenvalue weighted by Gasteiger charge is -2.10. The number of hydrogen-bond donors (Lipinski definition) is 2. The summed E-state index contributed by atoms with van der Waals surface area (Å²) in [6, 6.07) is 7.63. The third kappa shape index (κ3) is 3.75. The van der Waals surface area contributed by atoms with Gasteiger partial charge in [-0.05, 0) is 30.3 Å². The topological polar surface area (TPSA) is 101 Å². The Labute approximate surface area is 122 Å². The Kier molecular flexibility index (Phi) is 4.84. The van der Waals surface area contributed by atoms with E-state index in [1.807, 2.05) is 0 Å². The molecule has 0 amide bonds. The molecule has 1 aromatic heterocycles. The van der Waals surface area contributed by atoms with Gasteiger partial charge in [-0.25, -0.2) is 13.1 Å². The molecule has 21 heavy (non-hydrogen) atoms. The van der Waals surface area contributed by atoms with Crippen LogP contribution in [0, 0.1) is 0 Å². The first-order valence-corrected chi connectivity index (χ1v) is 7.59. The van der Waals surface area contributed by atoms with Crippen molar-refractivity contribution in [1.29, 1.82) is 0 Å². The number of aliphatic hydroxyl groups is 1. The lowest BCUT2D eigenvalue weighted by atomic mass is 10.2. The second-order valence-electron chi connectivity index (χ2n) is 4.17. The number of nitrogens with zero attached hydrogens (tertiary/aromatic N) is 2. The summed E-state index contributed by atoms with van der Waals surface area (Å²) in [5, 5.41) is 16.7. The molecule has 0 atom stereocenters. The molecule has 2 rings (SSSR count). The molecular formula is C13H15N3O4S. The molecule has 2 aromatic rings. The van der Waals surface area contributed by atoms with E-state index in [9.17, 15) is 13.5 Å². The second kappa shape index (κ2) is 6.61. The smallest absolute Gasteiger partial charge is 0.240 e. The average Bonchev–Trinajstić information content (AvgIpc) is 2.53. The van der Waals surface area contributed by atoms with Gasteiger partial charge in [0, 0.05) is 11.8 Å². The fraction of sp³-hybridized carbons (Fsp3) is 0.231. The van der Waals surface area contributed by atoms with Crippen LogP contribution in [0.4, 0.5) is 0 Å². The summed E-state index contributed by atoms with van der Waals surface area (Å²) in [6.45, 7) is -0.270. The Morgan fingerprint density at radius 1 is 1.33 bits per heavy atom. The van der Waals surface area contributed by atoms with Crippen LogP contribution in [0.2, 0.25) is 0 Å². The molecule has 112 valence electrons. The maximum Gasteiger partial charge on any atom is 0.240 e. The highest BCUT2D eigenvalue weighted by molar-refractivity contribution is 7.89. The highest BCUT2D eigenvalue weighted by atomic mass is 32.2.